The van der Waals surface area contributed by atoms with Gasteiger partial charge in [-0.15, -0.1) is 0 Å². The Labute approximate surface area is 339 Å². The molecule has 0 nitrogen and oxygen atoms in total. The molecule has 0 radical (unpaired) electrons. The van der Waals surface area contributed by atoms with Gasteiger partial charge in [0.1, 0.15) is 0 Å². The van der Waals surface area contributed by atoms with Crippen LogP contribution in [0, 0.1) is 0 Å². The zero-order valence-corrected chi connectivity index (χ0v) is 36.0. The van der Waals surface area contributed by atoms with Gasteiger partial charge in [0.05, 0.1) is 0 Å². The normalized spacial score (nSPS) is 13.4. The van der Waals surface area contributed by atoms with Crippen molar-refractivity contribution < 1.29 is 21.3 Å². The molecule has 6 aromatic carbocycles. The Kier molecular flexibility index (Phi) is 10.1. The van der Waals surface area contributed by atoms with Crippen LogP contribution in [-0.4, -0.2) is 3.21 Å². The summed E-state index contributed by atoms with van der Waals surface area (Å²) >= 11 is 10.0. The van der Waals surface area contributed by atoms with Crippen molar-refractivity contribution in [2.75, 3.05) is 0 Å². The Bertz CT molecular complexity index is 2420. The topological polar surface area (TPSA) is 0 Å². The van der Waals surface area contributed by atoms with Crippen molar-refractivity contribution in [2.24, 2.45) is 0 Å². The van der Waals surface area contributed by atoms with Crippen LogP contribution in [0.1, 0.15) is 81.3 Å². The van der Waals surface area contributed by atoms with E-state index >= 15 is 0 Å². The van der Waals surface area contributed by atoms with E-state index in [-0.39, 0.29) is 10.8 Å². The first-order valence-electron chi connectivity index (χ1n) is 19.0. The van der Waals surface area contributed by atoms with E-state index in [0.29, 0.717) is 0 Å². The molecule has 2 aliphatic rings. The van der Waals surface area contributed by atoms with Gasteiger partial charge in [0.25, 0.3) is 0 Å². The van der Waals surface area contributed by atoms with Crippen LogP contribution in [-0.2, 0) is 38.5 Å². The van der Waals surface area contributed by atoms with Crippen LogP contribution in [0.25, 0.3) is 33.4 Å². The van der Waals surface area contributed by atoms with Gasteiger partial charge >= 0.3 is 342 Å². The Balaban J connectivity index is 1.55. The molecular formula is C51H46Cl2Zr. The second-order valence-electron chi connectivity index (χ2n) is 16.8. The number of hydrogen-bond acceptors (Lipinski definition) is 0. The van der Waals surface area contributed by atoms with Gasteiger partial charge in [0, 0.05) is 0 Å². The van der Waals surface area contributed by atoms with Crippen molar-refractivity contribution in [3.05, 3.63) is 192 Å². The number of benzene rings is 6. The summed E-state index contributed by atoms with van der Waals surface area (Å²) in [5, 5.41) is 1.50. The standard InChI is InChI=1S/C33H33.C13H8Cl2.C5H5.Zr/c1-32(2,3)30-20-26-24(18-28(30)22-13-9-7-10-14-22)17-25-19-29(23-15-11-8-12-16-23)31(21-27(25)26)33(4,5)6;14-12-5-1-10(2-6-12)9-11-3-7-13(15)8-4-11;1-2-4-5-3-1;/h7-16,18,20-21H,17H2,1-6H3;1-8H;1-3H,4H2;. The molecule has 0 unspecified atom stereocenters. The molecule has 0 aromatic heterocycles. The zero-order chi connectivity index (χ0) is 37.8. The van der Waals surface area contributed by atoms with Gasteiger partial charge in [0.2, 0.25) is 0 Å². The SMILES string of the molecule is CC(C)(C)c1cc2c(cc1-c1ccccc1)Cc1c-2cc(C(C)(C)C)c(-c2ccccc2)[c]1[Zr]([C]1=CC=CC1)=[C](c1ccc(Cl)cc1)c1ccc(Cl)cc1. The van der Waals surface area contributed by atoms with Crippen molar-refractivity contribution in [1.82, 2.24) is 0 Å². The van der Waals surface area contributed by atoms with E-state index in [4.69, 9.17) is 23.2 Å². The zero-order valence-electron chi connectivity index (χ0n) is 32.0. The number of hydrogen-bond donors (Lipinski definition) is 0. The molecular weight excluding hydrogens is 775 g/mol. The second kappa shape index (κ2) is 14.7. The third-order valence-electron chi connectivity index (χ3n) is 11.0. The summed E-state index contributed by atoms with van der Waals surface area (Å²) in [5.74, 6) is 0. The third-order valence-corrected chi connectivity index (χ3v) is 19.2. The first-order chi connectivity index (χ1) is 25.9. The molecule has 6 aromatic rings. The maximum absolute atomic E-state index is 6.58. The fourth-order valence-corrected chi connectivity index (χ4v) is 17.1. The van der Waals surface area contributed by atoms with Gasteiger partial charge in [-0.05, 0) is 0 Å². The van der Waals surface area contributed by atoms with E-state index in [1.165, 1.54) is 70.0 Å². The van der Waals surface area contributed by atoms with Crippen LogP contribution in [0.5, 0.6) is 0 Å². The predicted molar refractivity (Wildman–Crippen MR) is 231 cm³/mol. The van der Waals surface area contributed by atoms with E-state index in [2.05, 4.69) is 187 Å². The summed E-state index contributed by atoms with van der Waals surface area (Å²) in [6.07, 6.45) is 8.96. The van der Waals surface area contributed by atoms with Gasteiger partial charge < -0.3 is 0 Å². The second-order valence-corrected chi connectivity index (χ2v) is 23.5. The molecule has 0 spiro atoms. The number of fused-ring (bicyclic) bond motifs is 3. The fourth-order valence-electron chi connectivity index (χ4n) is 8.40. The molecule has 268 valence electrons. The number of rotatable bonds is 6. The molecule has 3 heteroatoms. The molecule has 0 fully saturated rings. The molecule has 8 rings (SSSR count). The van der Waals surface area contributed by atoms with Gasteiger partial charge in [0.15, 0.2) is 0 Å². The monoisotopic (exact) mass is 818 g/mol. The summed E-state index contributed by atoms with van der Waals surface area (Å²) in [5.41, 5.74) is 16.2. The molecule has 0 amide bonds. The Morgan fingerprint density at radius 2 is 1.11 bits per heavy atom. The molecule has 54 heavy (non-hydrogen) atoms. The minimum atomic E-state index is -3.12. The molecule has 0 heterocycles. The third kappa shape index (κ3) is 7.05. The van der Waals surface area contributed by atoms with E-state index in [1.54, 1.807) is 6.55 Å². The van der Waals surface area contributed by atoms with Crippen LogP contribution in [0.2, 0.25) is 10.0 Å². The van der Waals surface area contributed by atoms with E-state index in [9.17, 15) is 0 Å². The average Bonchev–Trinajstić information content (AvgIpc) is 3.82. The quantitative estimate of drug-likeness (QED) is 0.157. The van der Waals surface area contributed by atoms with Gasteiger partial charge in [-0.3, -0.25) is 0 Å². The van der Waals surface area contributed by atoms with E-state index in [0.717, 1.165) is 22.9 Å². The van der Waals surface area contributed by atoms with Gasteiger partial charge in [-0.2, -0.15) is 0 Å². The molecule has 0 saturated carbocycles. The van der Waals surface area contributed by atoms with Crippen molar-refractivity contribution in [2.45, 2.75) is 65.2 Å². The van der Waals surface area contributed by atoms with Crippen molar-refractivity contribution in [3.63, 3.8) is 0 Å². The van der Waals surface area contributed by atoms with Crippen LogP contribution < -0.4 is 3.27 Å². The number of allylic oxidation sites excluding steroid dienone is 4. The maximum atomic E-state index is 6.58. The summed E-state index contributed by atoms with van der Waals surface area (Å²) < 4.78 is 4.64. The fraction of sp³-hybridized carbons (Fsp3) is 0.196. The van der Waals surface area contributed by atoms with Crippen LogP contribution in [0.15, 0.2) is 149 Å². The van der Waals surface area contributed by atoms with Crippen LogP contribution in [0.4, 0.5) is 0 Å². The van der Waals surface area contributed by atoms with E-state index in [1.807, 2.05) is 0 Å². The van der Waals surface area contributed by atoms with Crippen molar-refractivity contribution >= 4 is 29.7 Å². The van der Waals surface area contributed by atoms with E-state index < -0.39 is 21.3 Å². The van der Waals surface area contributed by atoms with Crippen molar-refractivity contribution in [1.29, 1.82) is 0 Å². The summed E-state index contributed by atoms with van der Waals surface area (Å²) in [6, 6.07) is 47.0. The first-order valence-corrected chi connectivity index (χ1v) is 23.4. The van der Waals surface area contributed by atoms with Crippen LogP contribution in [0.3, 0.4) is 0 Å². The molecule has 0 N–H and O–H groups in total. The summed E-state index contributed by atoms with van der Waals surface area (Å²) in [4.78, 5) is 0. The molecule has 2 aliphatic carbocycles. The Morgan fingerprint density at radius 3 is 1.63 bits per heavy atom. The minimum absolute atomic E-state index is 0.0337. The summed E-state index contributed by atoms with van der Waals surface area (Å²) in [7, 11) is 0. The molecule has 0 saturated heterocycles. The van der Waals surface area contributed by atoms with Gasteiger partial charge in [-0.25, -0.2) is 0 Å². The first kappa shape index (κ1) is 37.1. The molecule has 0 atom stereocenters. The molecule has 0 aliphatic heterocycles. The van der Waals surface area contributed by atoms with Gasteiger partial charge in [-0.1, -0.05) is 0 Å². The predicted octanol–water partition coefficient (Wildman–Crippen LogP) is 13.8. The van der Waals surface area contributed by atoms with Crippen molar-refractivity contribution in [3.8, 4) is 33.4 Å². The van der Waals surface area contributed by atoms with Crippen LogP contribution >= 0.6 is 23.2 Å². The number of halogens is 2. The average molecular weight is 821 g/mol. The Hall–Kier alpha value is -3.87. The Morgan fingerprint density at radius 1 is 0.574 bits per heavy atom. The summed E-state index contributed by atoms with van der Waals surface area (Å²) in [6.45, 7) is 14.2. The molecule has 0 bridgehead atoms.